The van der Waals surface area contributed by atoms with Gasteiger partial charge in [-0.15, -0.1) is 0 Å². The predicted molar refractivity (Wildman–Crippen MR) is 86.2 cm³/mol. The molecule has 0 spiro atoms. The first-order valence-corrected chi connectivity index (χ1v) is 7.87. The van der Waals surface area contributed by atoms with Gasteiger partial charge in [-0.2, -0.15) is 0 Å². The largest absolute Gasteiger partial charge is 0.444 e. The molecular weight excluding hydrogens is 286 g/mol. The van der Waals surface area contributed by atoms with E-state index < -0.39 is 6.29 Å². The molecule has 2 aromatic rings. The molecule has 0 saturated heterocycles. The number of anilines is 1. The molecule has 2 N–H and O–H groups in total. The van der Waals surface area contributed by atoms with Crippen molar-refractivity contribution in [1.82, 2.24) is 0 Å². The Balaban J connectivity index is 2.17. The second kappa shape index (κ2) is 8.02. The summed E-state index contributed by atoms with van der Waals surface area (Å²) in [5.41, 5.74) is 0.892. The number of unbranched alkanes of at least 4 members (excludes halogenated alkanes) is 1. The van der Waals surface area contributed by atoms with Crippen LogP contribution in [-0.4, -0.2) is 18.8 Å². The van der Waals surface area contributed by atoms with Crippen molar-refractivity contribution in [3.8, 4) is 10.8 Å². The molecule has 0 aliphatic heterocycles. The maximum absolute atomic E-state index is 9.81. The van der Waals surface area contributed by atoms with Crippen LogP contribution < -0.4 is 10.1 Å². The third-order valence-electron chi connectivity index (χ3n) is 2.98. The van der Waals surface area contributed by atoms with E-state index in [2.05, 4.69) is 12.2 Å². The Hall–Kier alpha value is -1.56. The number of hydrogen-bond acceptors (Lipinski definition) is 5. The summed E-state index contributed by atoms with van der Waals surface area (Å²) in [6, 6.07) is 11.5. The van der Waals surface area contributed by atoms with Crippen LogP contribution in [0.5, 0.6) is 10.8 Å². The molecule has 114 valence electrons. The van der Waals surface area contributed by atoms with Crippen molar-refractivity contribution in [2.24, 2.45) is 0 Å². The van der Waals surface area contributed by atoms with E-state index in [-0.39, 0.29) is 0 Å². The van der Waals surface area contributed by atoms with E-state index in [1.165, 1.54) is 18.4 Å². The normalized spacial score (nSPS) is 12.1. The Morgan fingerprint density at radius 3 is 2.71 bits per heavy atom. The molecule has 1 aromatic heterocycles. The molecule has 5 heteroatoms. The highest BCUT2D eigenvalue weighted by Crippen LogP contribution is 2.40. The quantitative estimate of drug-likeness (QED) is 0.561. The highest BCUT2D eigenvalue weighted by atomic mass is 32.1. The SMILES string of the molecule is CCCCNc1cc(C(O)OC)sc1Oc1ccccc1. The molecule has 0 aliphatic carbocycles. The number of methoxy groups -OCH3 is 1. The van der Waals surface area contributed by atoms with Gasteiger partial charge in [-0.3, -0.25) is 0 Å². The van der Waals surface area contributed by atoms with E-state index >= 15 is 0 Å². The van der Waals surface area contributed by atoms with Crippen LogP contribution in [0.15, 0.2) is 36.4 Å². The van der Waals surface area contributed by atoms with Gasteiger partial charge in [0.15, 0.2) is 6.29 Å². The minimum atomic E-state index is -0.921. The molecule has 1 atom stereocenters. The summed E-state index contributed by atoms with van der Waals surface area (Å²) in [6.07, 6.45) is 1.29. The van der Waals surface area contributed by atoms with E-state index in [4.69, 9.17) is 9.47 Å². The highest BCUT2D eigenvalue weighted by molar-refractivity contribution is 7.14. The lowest BCUT2D eigenvalue weighted by atomic mass is 10.3. The van der Waals surface area contributed by atoms with Gasteiger partial charge in [0.25, 0.3) is 0 Å². The fraction of sp³-hybridized carbons (Fsp3) is 0.375. The number of hydrogen-bond donors (Lipinski definition) is 2. The molecule has 0 fully saturated rings. The average Bonchev–Trinajstić information content (AvgIpc) is 2.91. The smallest absolute Gasteiger partial charge is 0.204 e. The summed E-state index contributed by atoms with van der Waals surface area (Å²) in [5.74, 6) is 0.774. The van der Waals surface area contributed by atoms with Gasteiger partial charge in [0.2, 0.25) is 5.06 Å². The fourth-order valence-corrected chi connectivity index (χ4v) is 2.79. The lowest BCUT2D eigenvalue weighted by Gasteiger charge is -2.08. The van der Waals surface area contributed by atoms with Gasteiger partial charge in [0.1, 0.15) is 5.75 Å². The summed E-state index contributed by atoms with van der Waals surface area (Å²) in [6.45, 7) is 3.03. The van der Waals surface area contributed by atoms with Crippen LogP contribution in [0.2, 0.25) is 0 Å². The summed E-state index contributed by atoms with van der Waals surface area (Å²) >= 11 is 1.39. The predicted octanol–water partition coefficient (Wildman–Crippen LogP) is 4.39. The molecule has 1 unspecified atom stereocenters. The summed E-state index contributed by atoms with van der Waals surface area (Å²) in [4.78, 5) is 0.724. The van der Waals surface area contributed by atoms with Crippen LogP contribution in [-0.2, 0) is 4.74 Å². The maximum atomic E-state index is 9.81. The van der Waals surface area contributed by atoms with Gasteiger partial charge in [-0.05, 0) is 24.6 Å². The monoisotopic (exact) mass is 307 g/mol. The third-order valence-corrected chi connectivity index (χ3v) is 4.03. The highest BCUT2D eigenvalue weighted by Gasteiger charge is 2.16. The van der Waals surface area contributed by atoms with E-state index in [0.717, 1.165) is 40.8 Å². The number of thiophene rings is 1. The fourth-order valence-electron chi connectivity index (χ4n) is 1.82. The van der Waals surface area contributed by atoms with Gasteiger partial charge >= 0.3 is 0 Å². The average molecular weight is 307 g/mol. The maximum Gasteiger partial charge on any atom is 0.204 e. The van der Waals surface area contributed by atoms with Crippen LogP contribution in [0.4, 0.5) is 5.69 Å². The van der Waals surface area contributed by atoms with E-state index in [0.29, 0.717) is 0 Å². The molecule has 2 rings (SSSR count). The Bertz CT molecular complexity index is 542. The van der Waals surface area contributed by atoms with E-state index in [1.807, 2.05) is 36.4 Å². The van der Waals surface area contributed by atoms with Crippen molar-refractivity contribution in [2.45, 2.75) is 26.1 Å². The standard InChI is InChI=1S/C16H21NO3S/c1-3-4-10-17-13-11-14(15(18)19-2)21-16(13)20-12-8-6-5-7-9-12/h5-9,11,15,17-18H,3-4,10H2,1-2H3. The number of ether oxygens (including phenoxy) is 2. The number of aliphatic hydroxyl groups excluding tert-OH is 1. The van der Waals surface area contributed by atoms with Crippen molar-refractivity contribution < 1.29 is 14.6 Å². The van der Waals surface area contributed by atoms with Gasteiger partial charge in [-0.25, -0.2) is 0 Å². The minimum absolute atomic E-state index is 0.724. The van der Waals surface area contributed by atoms with Gasteiger partial charge in [-0.1, -0.05) is 42.9 Å². The molecule has 1 heterocycles. The Morgan fingerprint density at radius 1 is 1.29 bits per heavy atom. The van der Waals surface area contributed by atoms with E-state index in [9.17, 15) is 5.11 Å². The van der Waals surface area contributed by atoms with Crippen LogP contribution >= 0.6 is 11.3 Å². The molecule has 0 bridgehead atoms. The molecule has 0 amide bonds. The number of aliphatic hydroxyl groups is 1. The number of rotatable bonds is 8. The first kappa shape index (κ1) is 15.8. The van der Waals surface area contributed by atoms with Gasteiger partial charge in [0.05, 0.1) is 10.6 Å². The summed E-state index contributed by atoms with van der Waals surface area (Å²) in [5, 5.41) is 13.9. The molecule has 0 radical (unpaired) electrons. The number of benzene rings is 1. The first-order chi connectivity index (χ1) is 10.2. The first-order valence-electron chi connectivity index (χ1n) is 7.06. The van der Waals surface area contributed by atoms with Crippen molar-refractivity contribution in [2.75, 3.05) is 19.0 Å². The van der Waals surface area contributed by atoms with Crippen LogP contribution in [0, 0.1) is 0 Å². The summed E-state index contributed by atoms with van der Waals surface area (Å²) in [7, 11) is 1.48. The number of para-hydroxylation sites is 1. The second-order valence-electron chi connectivity index (χ2n) is 4.63. The zero-order valence-corrected chi connectivity index (χ0v) is 13.2. The molecule has 0 aliphatic rings. The van der Waals surface area contributed by atoms with Crippen LogP contribution in [0.1, 0.15) is 30.9 Å². The zero-order chi connectivity index (χ0) is 15.1. The van der Waals surface area contributed by atoms with Crippen LogP contribution in [0.25, 0.3) is 0 Å². The second-order valence-corrected chi connectivity index (χ2v) is 5.68. The Labute approximate surface area is 129 Å². The molecular formula is C16H21NO3S. The van der Waals surface area contributed by atoms with Crippen LogP contribution in [0.3, 0.4) is 0 Å². The Kier molecular flexibility index (Phi) is 6.04. The Morgan fingerprint density at radius 2 is 2.05 bits per heavy atom. The van der Waals surface area contributed by atoms with Gasteiger partial charge < -0.3 is 19.9 Å². The van der Waals surface area contributed by atoms with E-state index in [1.54, 1.807) is 0 Å². The minimum Gasteiger partial charge on any atom is -0.444 e. The topological polar surface area (TPSA) is 50.7 Å². The van der Waals surface area contributed by atoms with Crippen molar-refractivity contribution >= 4 is 17.0 Å². The molecule has 21 heavy (non-hydrogen) atoms. The van der Waals surface area contributed by atoms with Crippen molar-refractivity contribution in [3.63, 3.8) is 0 Å². The summed E-state index contributed by atoms with van der Waals surface area (Å²) < 4.78 is 10.9. The molecule has 1 aromatic carbocycles. The van der Waals surface area contributed by atoms with Crippen molar-refractivity contribution in [3.05, 3.63) is 41.3 Å². The van der Waals surface area contributed by atoms with Gasteiger partial charge in [0, 0.05) is 13.7 Å². The molecule has 0 saturated carbocycles. The lowest BCUT2D eigenvalue weighted by molar-refractivity contribution is -0.0743. The number of nitrogens with one attached hydrogen (secondary N) is 1. The zero-order valence-electron chi connectivity index (χ0n) is 12.3. The lowest BCUT2D eigenvalue weighted by Crippen LogP contribution is -2.01. The molecule has 4 nitrogen and oxygen atoms in total. The van der Waals surface area contributed by atoms with Crippen molar-refractivity contribution in [1.29, 1.82) is 0 Å². The third kappa shape index (κ3) is 4.46.